The standard InChI is InChI=1S/C13H18FN3O.ClH/c14-12-4-2-1-3-10(12)5-7-16-13(18)17-8-6-11(15)9-17;/h1-4,11H,5-9,15H2,(H,16,18);1H. The predicted octanol–water partition coefficient (Wildman–Crippen LogP) is 1.53. The maximum Gasteiger partial charge on any atom is 0.317 e. The first kappa shape index (κ1) is 15.7. The molecule has 1 heterocycles. The third kappa shape index (κ3) is 4.36. The molecule has 0 aliphatic carbocycles. The summed E-state index contributed by atoms with van der Waals surface area (Å²) in [6.07, 6.45) is 1.35. The molecule has 106 valence electrons. The molecule has 1 aliphatic rings. The van der Waals surface area contributed by atoms with Crippen molar-refractivity contribution in [3.8, 4) is 0 Å². The maximum absolute atomic E-state index is 13.3. The van der Waals surface area contributed by atoms with Gasteiger partial charge in [0.25, 0.3) is 0 Å². The molecule has 0 radical (unpaired) electrons. The molecular formula is C13H19ClFN3O. The smallest absolute Gasteiger partial charge is 0.317 e. The SMILES string of the molecule is Cl.NC1CCN(C(=O)NCCc2ccccc2F)C1. The topological polar surface area (TPSA) is 58.4 Å². The van der Waals surface area contributed by atoms with Crippen LogP contribution in [0.4, 0.5) is 9.18 Å². The fourth-order valence-corrected chi connectivity index (χ4v) is 2.09. The Morgan fingerprint density at radius 3 is 2.84 bits per heavy atom. The normalized spacial score (nSPS) is 18.0. The lowest BCUT2D eigenvalue weighted by Crippen LogP contribution is -2.40. The van der Waals surface area contributed by atoms with Crippen molar-refractivity contribution in [2.45, 2.75) is 18.9 Å². The maximum atomic E-state index is 13.3. The fraction of sp³-hybridized carbons (Fsp3) is 0.462. The van der Waals surface area contributed by atoms with Gasteiger partial charge in [0.15, 0.2) is 0 Å². The zero-order valence-corrected chi connectivity index (χ0v) is 11.5. The molecule has 1 unspecified atom stereocenters. The molecule has 0 bridgehead atoms. The predicted molar refractivity (Wildman–Crippen MR) is 74.9 cm³/mol. The monoisotopic (exact) mass is 287 g/mol. The average Bonchev–Trinajstić information content (AvgIpc) is 2.78. The van der Waals surface area contributed by atoms with Gasteiger partial charge in [-0.25, -0.2) is 9.18 Å². The summed E-state index contributed by atoms with van der Waals surface area (Å²) in [6, 6.07) is 6.58. The highest BCUT2D eigenvalue weighted by Gasteiger charge is 2.22. The number of hydrogen-bond acceptors (Lipinski definition) is 2. The molecule has 2 amide bonds. The Labute approximate surface area is 118 Å². The van der Waals surface area contributed by atoms with Crippen molar-refractivity contribution in [3.05, 3.63) is 35.6 Å². The number of benzene rings is 1. The zero-order valence-electron chi connectivity index (χ0n) is 10.6. The highest BCUT2D eigenvalue weighted by Crippen LogP contribution is 2.08. The summed E-state index contributed by atoms with van der Waals surface area (Å²) < 4.78 is 13.3. The lowest BCUT2D eigenvalue weighted by Gasteiger charge is -2.16. The van der Waals surface area contributed by atoms with Crippen molar-refractivity contribution in [1.29, 1.82) is 0 Å². The number of hydrogen-bond donors (Lipinski definition) is 2. The number of nitrogens with zero attached hydrogens (tertiary/aromatic N) is 1. The summed E-state index contributed by atoms with van der Waals surface area (Å²) in [5.74, 6) is -0.227. The van der Waals surface area contributed by atoms with E-state index >= 15 is 0 Å². The molecule has 1 aliphatic heterocycles. The van der Waals surface area contributed by atoms with Crippen LogP contribution in [0.3, 0.4) is 0 Å². The van der Waals surface area contributed by atoms with Gasteiger partial charge in [-0.1, -0.05) is 18.2 Å². The number of likely N-dealkylation sites (tertiary alicyclic amines) is 1. The molecule has 1 aromatic carbocycles. The number of amides is 2. The van der Waals surface area contributed by atoms with Crippen molar-refractivity contribution in [3.63, 3.8) is 0 Å². The number of nitrogens with two attached hydrogens (primary N) is 1. The van der Waals surface area contributed by atoms with E-state index in [4.69, 9.17) is 5.73 Å². The summed E-state index contributed by atoms with van der Waals surface area (Å²) >= 11 is 0. The Morgan fingerprint density at radius 1 is 1.47 bits per heavy atom. The van der Waals surface area contributed by atoms with Crippen LogP contribution in [-0.4, -0.2) is 36.6 Å². The minimum atomic E-state index is -0.227. The van der Waals surface area contributed by atoms with Crippen LogP contribution in [-0.2, 0) is 6.42 Å². The molecule has 0 aromatic heterocycles. The molecular weight excluding hydrogens is 269 g/mol. The quantitative estimate of drug-likeness (QED) is 0.886. The van der Waals surface area contributed by atoms with Gasteiger partial charge in [-0.05, 0) is 24.5 Å². The lowest BCUT2D eigenvalue weighted by molar-refractivity contribution is 0.208. The van der Waals surface area contributed by atoms with Crippen LogP contribution in [0.2, 0.25) is 0 Å². The Hall–Kier alpha value is -1.33. The van der Waals surface area contributed by atoms with Gasteiger partial charge in [0.1, 0.15) is 5.82 Å². The minimum absolute atomic E-state index is 0. The first-order chi connectivity index (χ1) is 8.66. The molecule has 0 saturated carbocycles. The van der Waals surface area contributed by atoms with Gasteiger partial charge in [0, 0.05) is 25.7 Å². The van der Waals surface area contributed by atoms with Crippen molar-refractivity contribution >= 4 is 18.4 Å². The summed E-state index contributed by atoms with van der Waals surface area (Å²) in [6.45, 7) is 1.74. The molecule has 19 heavy (non-hydrogen) atoms. The van der Waals surface area contributed by atoms with E-state index in [1.165, 1.54) is 6.07 Å². The number of nitrogens with one attached hydrogen (secondary N) is 1. The third-order valence-electron chi connectivity index (χ3n) is 3.14. The van der Waals surface area contributed by atoms with Gasteiger partial charge in [-0.2, -0.15) is 0 Å². The second-order valence-electron chi connectivity index (χ2n) is 4.57. The third-order valence-corrected chi connectivity index (χ3v) is 3.14. The highest BCUT2D eigenvalue weighted by molar-refractivity contribution is 5.85. The molecule has 0 spiro atoms. The first-order valence-corrected chi connectivity index (χ1v) is 6.18. The van der Waals surface area contributed by atoms with Crippen LogP contribution in [0.25, 0.3) is 0 Å². The molecule has 4 nitrogen and oxygen atoms in total. The summed E-state index contributed by atoms with van der Waals surface area (Å²) in [5.41, 5.74) is 6.35. The minimum Gasteiger partial charge on any atom is -0.338 e. The van der Waals surface area contributed by atoms with Crippen LogP contribution in [0.1, 0.15) is 12.0 Å². The van der Waals surface area contributed by atoms with E-state index in [1.807, 2.05) is 0 Å². The Kier molecular flexibility index (Phi) is 6.05. The number of rotatable bonds is 3. The van der Waals surface area contributed by atoms with Crippen molar-refractivity contribution in [2.75, 3.05) is 19.6 Å². The van der Waals surface area contributed by atoms with Gasteiger partial charge in [-0.15, -0.1) is 12.4 Å². The first-order valence-electron chi connectivity index (χ1n) is 6.18. The van der Waals surface area contributed by atoms with Gasteiger partial charge >= 0.3 is 6.03 Å². The molecule has 1 fully saturated rings. The van der Waals surface area contributed by atoms with Crippen molar-refractivity contribution in [2.24, 2.45) is 5.73 Å². The number of urea groups is 1. The molecule has 1 aromatic rings. The summed E-state index contributed by atoms with van der Waals surface area (Å²) in [4.78, 5) is 13.4. The van der Waals surface area contributed by atoms with Crippen LogP contribution in [0.15, 0.2) is 24.3 Å². The zero-order chi connectivity index (χ0) is 13.0. The van der Waals surface area contributed by atoms with E-state index in [0.717, 1.165) is 6.42 Å². The van der Waals surface area contributed by atoms with Crippen LogP contribution < -0.4 is 11.1 Å². The number of carbonyl (C=O) groups excluding carboxylic acids is 1. The van der Waals surface area contributed by atoms with Gasteiger partial charge in [0.2, 0.25) is 0 Å². The summed E-state index contributed by atoms with van der Waals surface area (Å²) in [7, 11) is 0. The van der Waals surface area contributed by atoms with E-state index < -0.39 is 0 Å². The van der Waals surface area contributed by atoms with Crippen LogP contribution in [0, 0.1) is 5.82 Å². The van der Waals surface area contributed by atoms with E-state index in [-0.39, 0.29) is 30.3 Å². The Morgan fingerprint density at radius 2 is 2.21 bits per heavy atom. The average molecular weight is 288 g/mol. The highest BCUT2D eigenvalue weighted by atomic mass is 35.5. The van der Waals surface area contributed by atoms with Gasteiger partial charge in [0.05, 0.1) is 0 Å². The molecule has 3 N–H and O–H groups in total. The second kappa shape index (κ2) is 7.31. The molecule has 1 saturated heterocycles. The van der Waals surface area contributed by atoms with Gasteiger partial charge in [-0.3, -0.25) is 0 Å². The number of halogens is 2. The Balaban J connectivity index is 0.00000180. The molecule has 1 atom stereocenters. The largest absolute Gasteiger partial charge is 0.338 e. The van der Waals surface area contributed by atoms with Crippen LogP contribution >= 0.6 is 12.4 Å². The van der Waals surface area contributed by atoms with Crippen molar-refractivity contribution in [1.82, 2.24) is 10.2 Å². The van der Waals surface area contributed by atoms with Crippen molar-refractivity contribution < 1.29 is 9.18 Å². The lowest BCUT2D eigenvalue weighted by atomic mass is 10.1. The second-order valence-corrected chi connectivity index (χ2v) is 4.57. The molecule has 2 rings (SSSR count). The molecule has 6 heteroatoms. The number of carbonyl (C=O) groups is 1. The Bertz CT molecular complexity index is 430. The van der Waals surface area contributed by atoms with Crippen LogP contribution in [0.5, 0.6) is 0 Å². The fourth-order valence-electron chi connectivity index (χ4n) is 2.09. The van der Waals surface area contributed by atoms with E-state index in [2.05, 4.69) is 5.32 Å². The van der Waals surface area contributed by atoms with E-state index in [1.54, 1.807) is 23.1 Å². The van der Waals surface area contributed by atoms with E-state index in [0.29, 0.717) is 31.6 Å². The van der Waals surface area contributed by atoms with Gasteiger partial charge < -0.3 is 16.0 Å². The summed E-state index contributed by atoms with van der Waals surface area (Å²) in [5, 5.41) is 2.79. The van der Waals surface area contributed by atoms with E-state index in [9.17, 15) is 9.18 Å².